The molecule has 5 rings (SSSR count). The van der Waals surface area contributed by atoms with Gasteiger partial charge in [-0.25, -0.2) is 0 Å². The molecule has 0 spiro atoms. The molecule has 0 amide bonds. The fourth-order valence-electron chi connectivity index (χ4n) is 5.14. The molecular weight excluding hydrogens is 441 g/mol. The molecule has 174 valence electrons. The molecule has 0 aliphatic rings. The molecule has 1 nitrogen and oxygen atoms in total. The molecule has 5 aromatic carbocycles. The van der Waals surface area contributed by atoms with Gasteiger partial charge < -0.3 is 0 Å². The zero-order valence-electron chi connectivity index (χ0n) is 20.4. The first kappa shape index (κ1) is 23.2. The van der Waals surface area contributed by atoms with E-state index in [4.69, 9.17) is 0 Å². The molecule has 0 atom stereocenters. The summed E-state index contributed by atoms with van der Waals surface area (Å²) in [4.78, 5) is 2.20. The molecule has 35 heavy (non-hydrogen) atoms. The van der Waals surface area contributed by atoms with E-state index in [0.717, 1.165) is 6.54 Å². The average Bonchev–Trinajstić information content (AvgIpc) is 2.92. The monoisotopic (exact) mass is 473 g/mol. The molecule has 0 aromatic heterocycles. The predicted octanol–water partition coefficient (Wildman–Crippen LogP) is 5.77. The maximum absolute atomic E-state index is 2.46. The Balaban J connectivity index is 1.65. The van der Waals surface area contributed by atoms with Crippen LogP contribution in [0.4, 0.5) is 0 Å². The van der Waals surface area contributed by atoms with Gasteiger partial charge in [0.2, 0.25) is 0 Å². The minimum absolute atomic E-state index is 0.957. The number of nitrogens with zero attached hydrogens (tertiary/aromatic N) is 1. The zero-order chi connectivity index (χ0) is 24.1. The van der Waals surface area contributed by atoms with E-state index in [9.17, 15) is 0 Å². The molecule has 0 N–H and O–H groups in total. The van der Waals surface area contributed by atoms with Crippen LogP contribution in [0.2, 0.25) is 0 Å². The van der Waals surface area contributed by atoms with Crippen molar-refractivity contribution in [1.82, 2.24) is 4.90 Å². The summed E-state index contributed by atoms with van der Waals surface area (Å²) in [5.41, 5.74) is 3.84. The second-order valence-electron chi connectivity index (χ2n) is 9.36. The Morgan fingerprint density at radius 3 is 1.14 bits per heavy atom. The number of rotatable bonds is 7. The van der Waals surface area contributed by atoms with Crippen LogP contribution in [0.3, 0.4) is 0 Å². The Labute approximate surface area is 210 Å². The summed E-state index contributed by atoms with van der Waals surface area (Å²) in [6.07, 6.45) is 0. The summed E-state index contributed by atoms with van der Waals surface area (Å²) in [6, 6.07) is 51.5. The van der Waals surface area contributed by atoms with Gasteiger partial charge in [-0.15, -0.1) is 0 Å². The molecule has 0 unspecified atom stereocenters. The van der Waals surface area contributed by atoms with Gasteiger partial charge in [0.25, 0.3) is 0 Å². The van der Waals surface area contributed by atoms with E-state index in [1.165, 1.54) is 37.9 Å². The van der Waals surface area contributed by atoms with E-state index >= 15 is 0 Å². The third-order valence-electron chi connectivity index (χ3n) is 6.72. The first-order valence-electron chi connectivity index (χ1n) is 12.2. The van der Waals surface area contributed by atoms with Gasteiger partial charge >= 0.3 is 210 Å². The third-order valence-corrected chi connectivity index (χ3v) is 11.5. The summed E-state index contributed by atoms with van der Waals surface area (Å²) >= 11 is 0. The number of benzene rings is 5. The first-order chi connectivity index (χ1) is 17.2. The van der Waals surface area contributed by atoms with Crippen LogP contribution in [0.5, 0.6) is 0 Å². The topological polar surface area (TPSA) is 3.24 Å². The second-order valence-corrected chi connectivity index (χ2v) is 13.2. The van der Waals surface area contributed by atoms with Gasteiger partial charge in [-0.2, -0.15) is 0 Å². The van der Waals surface area contributed by atoms with E-state index in [1.54, 1.807) is 0 Å². The van der Waals surface area contributed by atoms with Crippen molar-refractivity contribution in [2.75, 3.05) is 14.1 Å². The van der Waals surface area contributed by atoms with Crippen LogP contribution in [0.1, 0.15) is 5.56 Å². The van der Waals surface area contributed by atoms with Crippen molar-refractivity contribution >= 4 is 28.5 Å². The normalized spacial score (nSPS) is 12.0. The van der Waals surface area contributed by atoms with Crippen molar-refractivity contribution in [3.05, 3.63) is 145 Å². The number of hydrogen-bond acceptors (Lipinski definition) is 1. The van der Waals surface area contributed by atoms with Crippen molar-refractivity contribution in [2.45, 2.75) is 6.54 Å². The van der Waals surface area contributed by atoms with Crippen LogP contribution in [-0.4, -0.2) is 19.0 Å². The average molecular weight is 474 g/mol. The van der Waals surface area contributed by atoms with Crippen molar-refractivity contribution in [3.8, 4) is 11.1 Å². The third kappa shape index (κ3) is 4.71. The molecule has 0 saturated carbocycles. The van der Waals surface area contributed by atoms with Gasteiger partial charge in [0, 0.05) is 0 Å². The van der Waals surface area contributed by atoms with E-state index in [-0.39, 0.29) is 0 Å². The van der Waals surface area contributed by atoms with Gasteiger partial charge in [0.05, 0.1) is 0 Å². The maximum atomic E-state index is 2.36. The molecule has 0 fully saturated rings. The van der Waals surface area contributed by atoms with Crippen molar-refractivity contribution in [1.29, 1.82) is 0 Å². The first-order valence-corrected chi connectivity index (χ1v) is 14.2. The van der Waals surface area contributed by atoms with E-state index < -0.39 is 7.26 Å². The quantitative estimate of drug-likeness (QED) is 0.272. The molecule has 0 heterocycles. The molecular formula is C33H32NP. The summed E-state index contributed by atoms with van der Waals surface area (Å²) in [6.45, 7) is 0.957. The van der Waals surface area contributed by atoms with Crippen molar-refractivity contribution in [2.24, 2.45) is 0 Å². The van der Waals surface area contributed by atoms with Gasteiger partial charge in [-0.05, 0) is 0 Å². The molecule has 2 heteroatoms. The summed E-state index contributed by atoms with van der Waals surface area (Å²) in [5.74, 6) is 0. The molecule has 0 bridgehead atoms. The summed E-state index contributed by atoms with van der Waals surface area (Å²) in [5, 5.41) is 5.60. The van der Waals surface area contributed by atoms with Crippen molar-refractivity contribution < 1.29 is 0 Å². The van der Waals surface area contributed by atoms with Crippen LogP contribution in [0.25, 0.3) is 11.1 Å². The van der Waals surface area contributed by atoms with E-state index in [1.807, 2.05) is 0 Å². The standard InChI is InChI=1S/C33H32NP/c1-34(2)26-27-18-20-28(21-19-27)29-22-24-33(25-23-29)35(30-12-6-3-7-13-30,31-14-8-4-9-15-31)32-16-10-5-11-17-32/h3-25,35H,26H2,1-2H3. The fourth-order valence-corrected chi connectivity index (χ4v) is 9.89. The minimum atomic E-state index is -2.46. The van der Waals surface area contributed by atoms with Crippen LogP contribution in [0.15, 0.2) is 140 Å². The summed E-state index contributed by atoms with van der Waals surface area (Å²) < 4.78 is 0. The predicted molar refractivity (Wildman–Crippen MR) is 155 cm³/mol. The van der Waals surface area contributed by atoms with Gasteiger partial charge in [-0.3, -0.25) is 0 Å². The second kappa shape index (κ2) is 10.4. The van der Waals surface area contributed by atoms with Crippen LogP contribution >= 0.6 is 7.26 Å². The number of hydrogen-bond donors (Lipinski definition) is 0. The Kier molecular flexibility index (Phi) is 6.91. The van der Waals surface area contributed by atoms with E-state index in [2.05, 4.69) is 159 Å². The van der Waals surface area contributed by atoms with Gasteiger partial charge in [0.15, 0.2) is 0 Å². The van der Waals surface area contributed by atoms with Gasteiger partial charge in [-0.1, -0.05) is 0 Å². The zero-order valence-corrected chi connectivity index (χ0v) is 21.4. The molecule has 0 saturated heterocycles. The molecule has 0 radical (unpaired) electrons. The Morgan fingerprint density at radius 2 is 0.771 bits per heavy atom. The SMILES string of the molecule is CN(C)Cc1ccc(-c2ccc([PH](c3ccccc3)(c3ccccc3)c3ccccc3)cc2)cc1. The Morgan fingerprint density at radius 1 is 0.429 bits per heavy atom. The van der Waals surface area contributed by atoms with Crippen LogP contribution in [-0.2, 0) is 6.54 Å². The molecule has 5 aromatic rings. The van der Waals surface area contributed by atoms with Gasteiger partial charge in [0.1, 0.15) is 0 Å². The van der Waals surface area contributed by atoms with E-state index in [0.29, 0.717) is 0 Å². The van der Waals surface area contributed by atoms with Crippen molar-refractivity contribution in [3.63, 3.8) is 0 Å². The molecule has 0 aliphatic carbocycles. The Hall–Kier alpha value is -3.51. The van der Waals surface area contributed by atoms with Crippen LogP contribution in [0, 0.1) is 0 Å². The fraction of sp³-hybridized carbons (Fsp3) is 0.0909. The summed E-state index contributed by atoms with van der Waals surface area (Å²) in [7, 11) is 1.76. The van der Waals surface area contributed by atoms with Crippen LogP contribution < -0.4 is 21.2 Å². The Bertz CT molecular complexity index is 1250. The molecule has 0 aliphatic heterocycles.